The lowest BCUT2D eigenvalue weighted by atomic mass is 10.0. The fourth-order valence-corrected chi connectivity index (χ4v) is 7.44. The number of pyridine rings is 1. The summed E-state index contributed by atoms with van der Waals surface area (Å²) in [5.41, 5.74) is 11.1. The van der Waals surface area contributed by atoms with Gasteiger partial charge in [0.05, 0.1) is 35.4 Å². The molecule has 1 amide bonds. The van der Waals surface area contributed by atoms with Gasteiger partial charge in [-0.2, -0.15) is 5.10 Å². The molecule has 0 aliphatic carbocycles. The monoisotopic (exact) mass is 625 g/mol. The van der Waals surface area contributed by atoms with Gasteiger partial charge in [-0.3, -0.25) is 9.78 Å². The van der Waals surface area contributed by atoms with Gasteiger partial charge in [0.25, 0.3) is 5.91 Å². The van der Waals surface area contributed by atoms with Crippen molar-refractivity contribution in [1.29, 1.82) is 0 Å². The summed E-state index contributed by atoms with van der Waals surface area (Å²) in [4.78, 5) is 31.0. The van der Waals surface area contributed by atoms with Crippen molar-refractivity contribution in [2.24, 2.45) is 5.73 Å². The molecule has 1 atom stereocenters. The molecule has 2 aliphatic rings. The molecular weight excluding hydrogens is 593 g/mol. The number of benzene rings is 1. The maximum Gasteiger partial charge on any atom is 0.256 e. The molecule has 11 nitrogen and oxygen atoms in total. The van der Waals surface area contributed by atoms with Crippen LogP contribution in [-0.2, 0) is 4.79 Å². The van der Waals surface area contributed by atoms with E-state index in [0.29, 0.717) is 34.3 Å². The van der Waals surface area contributed by atoms with Crippen LogP contribution in [-0.4, -0.2) is 71.3 Å². The summed E-state index contributed by atoms with van der Waals surface area (Å²) in [5, 5.41) is 14.1. The van der Waals surface area contributed by atoms with Crippen LogP contribution in [0.4, 0.5) is 10.2 Å². The number of carbonyl (C=O) groups excluding carboxylic acids is 1. The third-order valence-corrected chi connectivity index (χ3v) is 9.86. The zero-order chi connectivity index (χ0) is 31.1. The number of allylic oxidation sites excluding steroid dienone is 1. The van der Waals surface area contributed by atoms with Crippen LogP contribution in [0.3, 0.4) is 0 Å². The Balaban J connectivity index is 1.30. The molecule has 3 N–H and O–H groups in total. The molecule has 0 saturated carbocycles. The van der Waals surface area contributed by atoms with Crippen molar-refractivity contribution < 1.29 is 14.3 Å². The van der Waals surface area contributed by atoms with Gasteiger partial charge in [0.15, 0.2) is 11.5 Å². The average Bonchev–Trinajstić information content (AvgIpc) is 3.77. The lowest BCUT2D eigenvalue weighted by Crippen LogP contribution is -2.36. The first-order chi connectivity index (χ1) is 21.9. The Hall–Kier alpha value is -4.59. The van der Waals surface area contributed by atoms with Crippen LogP contribution < -0.4 is 10.6 Å². The van der Waals surface area contributed by atoms with Crippen LogP contribution in [0.2, 0.25) is 0 Å². The molecule has 230 valence electrons. The van der Waals surface area contributed by atoms with Crippen LogP contribution in [0.15, 0.2) is 84.1 Å². The molecule has 4 aromatic heterocycles. The number of imidazole rings is 2. The number of aliphatic hydroxyl groups excluding tert-OH is 1. The van der Waals surface area contributed by atoms with Crippen LogP contribution in [0.5, 0.6) is 0 Å². The zero-order valence-electron chi connectivity index (χ0n) is 24.6. The van der Waals surface area contributed by atoms with E-state index >= 15 is 0 Å². The number of piperidine rings is 1. The van der Waals surface area contributed by atoms with E-state index in [0.717, 1.165) is 48.4 Å². The van der Waals surface area contributed by atoms with E-state index in [1.807, 2.05) is 48.6 Å². The minimum Gasteiger partial charge on any atom is -0.395 e. The molecule has 5 aromatic rings. The van der Waals surface area contributed by atoms with Crippen molar-refractivity contribution >= 4 is 29.1 Å². The number of hydrogen-bond donors (Lipinski definition) is 2. The van der Waals surface area contributed by atoms with Crippen LogP contribution in [0, 0.1) is 5.82 Å². The topological polar surface area (TPSA) is 131 Å². The second kappa shape index (κ2) is 12.1. The molecule has 0 radical (unpaired) electrons. The highest BCUT2D eigenvalue weighted by atomic mass is 32.2. The van der Waals surface area contributed by atoms with Crippen molar-refractivity contribution in [3.63, 3.8) is 0 Å². The number of carbonyl (C=O) groups is 1. The smallest absolute Gasteiger partial charge is 0.256 e. The van der Waals surface area contributed by atoms with Crippen molar-refractivity contribution in [2.45, 2.75) is 31.2 Å². The second-order valence-electron chi connectivity index (χ2n) is 11.2. The number of primary amides is 1. The van der Waals surface area contributed by atoms with Gasteiger partial charge in [0.2, 0.25) is 0 Å². The van der Waals surface area contributed by atoms with E-state index in [9.17, 15) is 14.3 Å². The Morgan fingerprint density at radius 1 is 1.13 bits per heavy atom. The number of halogens is 1. The number of likely N-dealkylation sites (tertiary alicyclic amines) is 1. The highest BCUT2D eigenvalue weighted by molar-refractivity contribution is 8.04. The predicted octanol–water partition coefficient (Wildman–Crippen LogP) is 4.39. The summed E-state index contributed by atoms with van der Waals surface area (Å²) in [5.74, 6) is -0.171. The number of aliphatic hydroxyl groups is 1. The summed E-state index contributed by atoms with van der Waals surface area (Å²) in [6.45, 7) is 4.42. The Bertz CT molecular complexity index is 1880. The molecular formula is C32H32FN9O2S. The summed E-state index contributed by atoms with van der Waals surface area (Å²) in [6.07, 6.45) is 9.00. The molecule has 7 rings (SSSR count). The highest BCUT2D eigenvalue weighted by Crippen LogP contribution is 2.49. The molecule has 0 bridgehead atoms. The van der Waals surface area contributed by atoms with E-state index in [1.54, 1.807) is 29.0 Å². The lowest BCUT2D eigenvalue weighted by Gasteiger charge is -2.32. The van der Waals surface area contributed by atoms with Gasteiger partial charge in [-0.25, -0.2) is 18.9 Å². The molecule has 1 unspecified atom stereocenters. The zero-order valence-corrected chi connectivity index (χ0v) is 25.4. The number of amides is 1. The van der Waals surface area contributed by atoms with Gasteiger partial charge >= 0.3 is 0 Å². The van der Waals surface area contributed by atoms with Crippen molar-refractivity contribution in [1.82, 2.24) is 34.0 Å². The van der Waals surface area contributed by atoms with Crippen molar-refractivity contribution in [3.8, 4) is 22.6 Å². The second-order valence-corrected chi connectivity index (χ2v) is 12.3. The third-order valence-electron chi connectivity index (χ3n) is 8.42. The number of thioether (sulfide) groups is 1. The van der Waals surface area contributed by atoms with Crippen LogP contribution in [0.25, 0.3) is 28.3 Å². The molecule has 1 saturated heterocycles. The molecule has 0 spiro atoms. The first-order valence-corrected chi connectivity index (χ1v) is 15.7. The van der Waals surface area contributed by atoms with E-state index in [-0.39, 0.29) is 23.8 Å². The maximum atomic E-state index is 13.8. The summed E-state index contributed by atoms with van der Waals surface area (Å²) >= 11 is 1.38. The van der Waals surface area contributed by atoms with Crippen molar-refractivity contribution in [2.75, 3.05) is 31.1 Å². The molecule has 45 heavy (non-hydrogen) atoms. The summed E-state index contributed by atoms with van der Waals surface area (Å²) < 4.78 is 17.8. The number of rotatable bonds is 8. The fraction of sp³-hybridized carbons (Fsp3) is 0.281. The van der Waals surface area contributed by atoms with Gasteiger partial charge in [0, 0.05) is 54.9 Å². The van der Waals surface area contributed by atoms with E-state index < -0.39 is 5.91 Å². The third kappa shape index (κ3) is 5.47. The number of nitrogens with two attached hydrogens (primary N) is 1. The van der Waals surface area contributed by atoms with Gasteiger partial charge in [-0.15, -0.1) is 0 Å². The van der Waals surface area contributed by atoms with Crippen LogP contribution >= 0.6 is 11.8 Å². The molecule has 13 heteroatoms. The van der Waals surface area contributed by atoms with Gasteiger partial charge < -0.3 is 25.2 Å². The van der Waals surface area contributed by atoms with E-state index in [2.05, 4.69) is 14.5 Å². The number of anilines is 1. The standard InChI is InChI=1S/C32H32FN9O2S/c1-20-30(31(34)44)45-32(22-3-2-12-35-17-22)42(20)27-18-41-26(37-27)9-8-25(38-41)29-28(21-4-6-23(33)7-5-21)36-19-40(29)24-10-13-39(14-11-24)15-16-43/h2-9,12,17-19,24,32,43H,10-11,13-16H2,1H3,(H2,34,44). The first-order valence-electron chi connectivity index (χ1n) is 14.8. The van der Waals surface area contributed by atoms with Gasteiger partial charge in [0.1, 0.15) is 16.9 Å². The number of fused-ring (bicyclic) bond motifs is 1. The Labute approximate surface area is 263 Å². The minimum atomic E-state index is -0.484. The molecule has 1 fully saturated rings. The Morgan fingerprint density at radius 2 is 1.93 bits per heavy atom. The number of nitrogens with zero attached hydrogens (tertiary/aromatic N) is 8. The maximum absolute atomic E-state index is 13.8. The molecule has 6 heterocycles. The lowest BCUT2D eigenvalue weighted by molar-refractivity contribution is -0.113. The predicted molar refractivity (Wildman–Crippen MR) is 170 cm³/mol. The average molecular weight is 626 g/mol. The van der Waals surface area contributed by atoms with Crippen LogP contribution in [0.1, 0.15) is 36.7 Å². The number of β-amino-alcohol motifs (C(OH)–C–C–N with tert-alkyl or cyclic N) is 1. The quantitative estimate of drug-likeness (QED) is 0.258. The largest absolute Gasteiger partial charge is 0.395 e. The normalized spacial score (nSPS) is 17.9. The van der Waals surface area contributed by atoms with Gasteiger partial charge in [-0.05, 0) is 62.2 Å². The number of aromatic nitrogens is 6. The van der Waals surface area contributed by atoms with Crippen molar-refractivity contribution in [3.05, 3.63) is 95.4 Å². The van der Waals surface area contributed by atoms with Gasteiger partial charge in [-0.1, -0.05) is 17.8 Å². The highest BCUT2D eigenvalue weighted by Gasteiger charge is 2.36. The Kier molecular flexibility index (Phi) is 7.81. The molecule has 2 aliphatic heterocycles. The number of hydrogen-bond acceptors (Lipinski definition) is 9. The Morgan fingerprint density at radius 3 is 2.64 bits per heavy atom. The minimum absolute atomic E-state index is 0.144. The summed E-state index contributed by atoms with van der Waals surface area (Å²) in [6, 6.07) is 14.2. The van der Waals surface area contributed by atoms with E-state index in [1.165, 1.54) is 23.9 Å². The summed E-state index contributed by atoms with van der Waals surface area (Å²) in [7, 11) is 0. The fourth-order valence-electron chi connectivity index (χ4n) is 6.19. The first kappa shape index (κ1) is 29.1. The SMILES string of the molecule is CC1=C(C(N)=O)SC(c2cccnc2)N1c1cn2nc(-c3c(-c4ccc(F)cc4)ncn3C3CCN(CCO)CC3)ccc2n1. The molecule has 1 aromatic carbocycles. The van der Waals surface area contributed by atoms with E-state index in [4.69, 9.17) is 20.8 Å².